The lowest BCUT2D eigenvalue weighted by molar-refractivity contribution is -0.143. The Morgan fingerprint density at radius 3 is 2.47 bits per heavy atom. The van der Waals surface area contributed by atoms with Crippen LogP contribution < -0.4 is 0 Å². The number of ether oxygens (including phenoxy) is 1. The predicted molar refractivity (Wildman–Crippen MR) is 141 cm³/mol. The number of carbonyl (C=O) groups excluding carboxylic acids is 1. The molecule has 0 saturated heterocycles. The highest BCUT2D eigenvalue weighted by molar-refractivity contribution is 8.04. The summed E-state index contributed by atoms with van der Waals surface area (Å²) in [5, 5.41) is 20.6. The van der Waals surface area contributed by atoms with E-state index in [1.54, 1.807) is 25.1 Å². The normalized spacial score (nSPS) is 11.7. The average molecular weight is 525 g/mol. The summed E-state index contributed by atoms with van der Waals surface area (Å²) < 4.78 is 8.84. The zero-order valence-corrected chi connectivity index (χ0v) is 21.6. The lowest BCUT2D eigenvalue weighted by atomic mass is 10.1. The number of esters is 1. The highest BCUT2D eigenvalue weighted by Crippen LogP contribution is 2.34. The van der Waals surface area contributed by atoms with Crippen LogP contribution in [0.15, 0.2) is 58.6 Å². The lowest BCUT2D eigenvalue weighted by Gasteiger charge is -2.09. The van der Waals surface area contributed by atoms with Crippen LogP contribution in [0.2, 0.25) is 5.02 Å². The monoisotopic (exact) mass is 524 g/mol. The molecule has 0 radical (unpaired) electrons. The Morgan fingerprint density at radius 2 is 1.81 bits per heavy atom. The highest BCUT2D eigenvalue weighted by Gasteiger charge is 2.21. The van der Waals surface area contributed by atoms with E-state index in [1.807, 2.05) is 59.4 Å². The van der Waals surface area contributed by atoms with Crippen LogP contribution in [0.5, 0.6) is 0 Å². The molecule has 0 aliphatic rings. The Labute approximate surface area is 217 Å². The van der Waals surface area contributed by atoms with E-state index in [9.17, 15) is 14.7 Å². The van der Waals surface area contributed by atoms with Gasteiger partial charge in [-0.3, -0.25) is 4.79 Å². The maximum atomic E-state index is 12.3. The number of carboxylic acids is 1. The van der Waals surface area contributed by atoms with Crippen LogP contribution in [-0.4, -0.2) is 43.0 Å². The Hall–Kier alpha value is -3.56. The van der Waals surface area contributed by atoms with Gasteiger partial charge in [-0.2, -0.15) is 0 Å². The van der Waals surface area contributed by atoms with E-state index in [1.165, 1.54) is 0 Å². The van der Waals surface area contributed by atoms with Gasteiger partial charge < -0.3 is 19.0 Å². The van der Waals surface area contributed by atoms with Crippen LogP contribution in [0.4, 0.5) is 0 Å². The number of fused-ring (bicyclic) bond motifs is 1. The quantitative estimate of drug-likeness (QED) is 0.171. The molecule has 0 fully saturated rings. The van der Waals surface area contributed by atoms with Crippen molar-refractivity contribution in [3.8, 4) is 11.4 Å². The molecule has 0 spiro atoms. The van der Waals surface area contributed by atoms with Crippen molar-refractivity contribution in [3.63, 3.8) is 0 Å². The van der Waals surface area contributed by atoms with Crippen molar-refractivity contribution in [2.45, 2.75) is 39.0 Å². The Bertz CT molecular complexity index is 1460. The van der Waals surface area contributed by atoms with E-state index in [0.717, 1.165) is 39.5 Å². The van der Waals surface area contributed by atoms with Gasteiger partial charge in [0.05, 0.1) is 6.61 Å². The topological polar surface area (TPSA) is 99.2 Å². The van der Waals surface area contributed by atoms with Crippen molar-refractivity contribution in [2.75, 3.05) is 6.61 Å². The molecular formula is C26H25ClN4O4S. The highest BCUT2D eigenvalue weighted by atomic mass is 35.5. The summed E-state index contributed by atoms with van der Waals surface area (Å²) in [6, 6.07) is 14.8. The van der Waals surface area contributed by atoms with Gasteiger partial charge in [-0.15, -0.1) is 10.2 Å². The molecule has 36 heavy (non-hydrogen) atoms. The smallest absolute Gasteiger partial charge is 0.342 e. The number of carboxylic acid groups (broad SMARTS) is 1. The molecular weight excluding hydrogens is 500 g/mol. The van der Waals surface area contributed by atoms with Gasteiger partial charge in [0.25, 0.3) is 0 Å². The first-order valence-corrected chi connectivity index (χ1v) is 12.6. The maximum absolute atomic E-state index is 12.3. The van der Waals surface area contributed by atoms with E-state index in [0.29, 0.717) is 29.2 Å². The molecule has 4 rings (SSSR count). The zero-order valence-electron chi connectivity index (χ0n) is 20.1. The molecule has 0 amide bonds. The minimum absolute atomic E-state index is 0.0399. The molecule has 2 aromatic heterocycles. The largest absolute Gasteiger partial charge is 0.477 e. The molecule has 10 heteroatoms. The third kappa shape index (κ3) is 5.17. The predicted octanol–water partition coefficient (Wildman–Crippen LogP) is 5.66. The first-order chi connectivity index (χ1) is 17.3. The van der Waals surface area contributed by atoms with Crippen molar-refractivity contribution < 1.29 is 19.4 Å². The number of aliphatic carboxylic acids is 1. The Morgan fingerprint density at radius 1 is 1.08 bits per heavy atom. The van der Waals surface area contributed by atoms with Gasteiger partial charge >= 0.3 is 11.9 Å². The maximum Gasteiger partial charge on any atom is 0.342 e. The minimum Gasteiger partial charge on any atom is -0.477 e. The fourth-order valence-corrected chi connectivity index (χ4v) is 5.00. The van der Waals surface area contributed by atoms with E-state index in [4.69, 9.17) is 16.3 Å². The van der Waals surface area contributed by atoms with Crippen molar-refractivity contribution in [3.05, 3.63) is 69.7 Å². The lowest BCUT2D eigenvalue weighted by Crippen LogP contribution is -2.14. The van der Waals surface area contributed by atoms with Crippen LogP contribution in [0.25, 0.3) is 28.4 Å². The summed E-state index contributed by atoms with van der Waals surface area (Å²) >= 11 is 7.05. The second kappa shape index (κ2) is 11.0. The molecule has 0 atom stereocenters. The number of para-hydroxylation sites is 1. The van der Waals surface area contributed by atoms with E-state index in [-0.39, 0.29) is 17.4 Å². The van der Waals surface area contributed by atoms with Crippen molar-refractivity contribution in [2.24, 2.45) is 0 Å². The third-order valence-corrected chi connectivity index (χ3v) is 6.94. The van der Waals surface area contributed by atoms with Crippen molar-refractivity contribution in [1.82, 2.24) is 19.3 Å². The van der Waals surface area contributed by atoms with Crippen molar-refractivity contribution >= 4 is 52.3 Å². The minimum atomic E-state index is -1.08. The molecule has 0 unspecified atom stereocenters. The molecule has 0 aliphatic carbocycles. The number of rotatable bonds is 9. The molecule has 4 aromatic rings. The number of hydrogen-bond donors (Lipinski definition) is 1. The molecule has 1 N–H and O–H groups in total. The van der Waals surface area contributed by atoms with E-state index in [2.05, 4.69) is 10.2 Å². The van der Waals surface area contributed by atoms with E-state index < -0.39 is 5.97 Å². The SMILES string of the molecule is CCOC(=O)Cn1c(C)c(/C=C(\Sc2nnc(-c3ccc(Cl)cc3)n2CC)C(=O)O)c2ccccc21. The van der Waals surface area contributed by atoms with Gasteiger partial charge in [-0.25, -0.2) is 4.79 Å². The number of halogens is 1. The summed E-state index contributed by atoms with van der Waals surface area (Å²) in [6.45, 7) is 6.46. The summed E-state index contributed by atoms with van der Waals surface area (Å²) in [5.74, 6) is -0.806. The van der Waals surface area contributed by atoms with Crippen LogP contribution >= 0.6 is 23.4 Å². The molecule has 2 aromatic carbocycles. The molecule has 0 saturated carbocycles. The second-order valence-electron chi connectivity index (χ2n) is 7.88. The van der Waals surface area contributed by atoms with Crippen LogP contribution in [0.1, 0.15) is 25.1 Å². The number of nitrogens with zero attached hydrogens (tertiary/aromatic N) is 4. The average Bonchev–Trinajstić information content (AvgIpc) is 3.38. The first-order valence-electron chi connectivity index (χ1n) is 11.4. The van der Waals surface area contributed by atoms with Gasteiger partial charge in [0.15, 0.2) is 11.0 Å². The van der Waals surface area contributed by atoms with Gasteiger partial charge in [-0.05, 0) is 68.9 Å². The summed E-state index contributed by atoms with van der Waals surface area (Å²) in [4.78, 5) is 24.6. The molecule has 0 bridgehead atoms. The standard InChI is InChI=1S/C26H25ClN4O4S/c1-4-30-24(17-10-12-18(27)13-11-17)28-29-26(30)36-22(25(33)34)14-20-16(3)31(15-23(32)35-5-2)21-9-7-6-8-19(20)21/h6-14H,4-5,15H2,1-3H3,(H,33,34)/b22-14-. The fourth-order valence-electron chi connectivity index (χ4n) is 4.01. The summed E-state index contributed by atoms with van der Waals surface area (Å²) in [6.07, 6.45) is 1.63. The molecule has 186 valence electrons. The van der Waals surface area contributed by atoms with Gasteiger partial charge in [0.1, 0.15) is 11.4 Å². The zero-order chi connectivity index (χ0) is 25.8. The number of aromatic nitrogens is 4. The number of hydrogen-bond acceptors (Lipinski definition) is 6. The molecule has 0 aliphatic heterocycles. The molecule has 2 heterocycles. The van der Waals surface area contributed by atoms with Crippen LogP contribution in [0, 0.1) is 6.92 Å². The first kappa shape index (κ1) is 25.5. The van der Waals surface area contributed by atoms with Gasteiger partial charge in [-0.1, -0.05) is 29.8 Å². The Balaban J connectivity index is 1.75. The van der Waals surface area contributed by atoms with Crippen molar-refractivity contribution in [1.29, 1.82) is 0 Å². The third-order valence-electron chi connectivity index (χ3n) is 5.70. The van der Waals surface area contributed by atoms with Crippen LogP contribution in [0.3, 0.4) is 0 Å². The number of benzene rings is 2. The van der Waals surface area contributed by atoms with E-state index >= 15 is 0 Å². The fraction of sp³-hybridized carbons (Fsp3) is 0.231. The molecule has 8 nitrogen and oxygen atoms in total. The second-order valence-corrected chi connectivity index (χ2v) is 9.33. The Kier molecular flexibility index (Phi) is 7.81. The van der Waals surface area contributed by atoms with Crippen LogP contribution in [-0.2, 0) is 27.4 Å². The number of thioether (sulfide) groups is 1. The summed E-state index contributed by atoms with van der Waals surface area (Å²) in [7, 11) is 0. The van der Waals surface area contributed by atoms with Gasteiger partial charge in [0, 0.05) is 39.3 Å². The summed E-state index contributed by atoms with van der Waals surface area (Å²) in [5.41, 5.74) is 3.15. The number of carbonyl (C=O) groups is 2. The van der Waals surface area contributed by atoms with Gasteiger partial charge in [0.2, 0.25) is 0 Å².